The number of amides is 1. The van der Waals surface area contributed by atoms with Crippen molar-refractivity contribution < 1.29 is 9.59 Å². The molecule has 0 saturated carbocycles. The van der Waals surface area contributed by atoms with Crippen molar-refractivity contribution in [3.63, 3.8) is 0 Å². The first-order valence-electron chi connectivity index (χ1n) is 9.24. The van der Waals surface area contributed by atoms with Crippen LogP contribution in [0.2, 0.25) is 0 Å². The number of nitrogens with one attached hydrogen (secondary N) is 2. The first-order valence-corrected chi connectivity index (χ1v) is 9.24. The molecule has 4 aromatic rings. The predicted octanol–water partition coefficient (Wildman–Crippen LogP) is 5.02. The molecule has 5 heteroatoms. The van der Waals surface area contributed by atoms with Crippen molar-refractivity contribution in [1.29, 1.82) is 0 Å². The number of rotatable bonds is 5. The molecule has 1 aromatic heterocycles. The number of carbonyl (C=O) groups is 2. The number of H-pyrrole nitrogens is 1. The largest absolute Gasteiger partial charge is 0.335 e. The van der Waals surface area contributed by atoms with E-state index in [1.807, 2.05) is 73.7 Å². The number of imidazole rings is 1. The minimum absolute atomic E-state index is 0.173. The number of hydrogen-bond donors (Lipinski definition) is 2. The lowest BCUT2D eigenvalue weighted by Crippen LogP contribution is -2.11. The van der Waals surface area contributed by atoms with Gasteiger partial charge in [-0.2, -0.15) is 0 Å². The zero-order valence-electron chi connectivity index (χ0n) is 15.8. The van der Waals surface area contributed by atoms with Gasteiger partial charge >= 0.3 is 0 Å². The number of ketones is 1. The van der Waals surface area contributed by atoms with Crippen LogP contribution in [0.5, 0.6) is 0 Å². The van der Waals surface area contributed by atoms with E-state index in [-0.39, 0.29) is 11.7 Å². The van der Waals surface area contributed by atoms with Gasteiger partial charge in [0.1, 0.15) is 0 Å². The Morgan fingerprint density at radius 1 is 0.966 bits per heavy atom. The molecule has 2 N–H and O–H groups in total. The van der Waals surface area contributed by atoms with Gasteiger partial charge in [-0.1, -0.05) is 48.0 Å². The van der Waals surface area contributed by atoms with Gasteiger partial charge in [0.15, 0.2) is 5.82 Å². The van der Waals surface area contributed by atoms with Gasteiger partial charge in [-0.05, 0) is 55.0 Å². The standard InChI is InChI=1S/C24H19N3O2/c1-16-6-4-8-18(14-16)24(29)25-19-9-5-7-17(15-19)12-13-22(28)23-26-20-10-2-3-11-21(20)27-23/h2-15H,1H3,(H,25,29)(H,26,27)/b13-12+. The van der Waals surface area contributed by atoms with E-state index < -0.39 is 0 Å². The lowest BCUT2D eigenvalue weighted by molar-refractivity contribution is 0.102. The summed E-state index contributed by atoms with van der Waals surface area (Å²) in [5, 5.41) is 2.89. The molecule has 5 nitrogen and oxygen atoms in total. The second-order valence-corrected chi connectivity index (χ2v) is 6.75. The molecular weight excluding hydrogens is 362 g/mol. The number of carbonyl (C=O) groups excluding carboxylic acids is 2. The minimum atomic E-state index is -0.213. The molecule has 0 aliphatic heterocycles. The highest BCUT2D eigenvalue weighted by Gasteiger charge is 2.09. The van der Waals surface area contributed by atoms with E-state index in [1.54, 1.807) is 12.1 Å². The van der Waals surface area contributed by atoms with Crippen LogP contribution in [-0.2, 0) is 0 Å². The zero-order chi connectivity index (χ0) is 20.2. The van der Waals surface area contributed by atoms with E-state index in [0.717, 1.165) is 22.2 Å². The number of aromatic amines is 1. The highest BCUT2D eigenvalue weighted by molar-refractivity contribution is 6.06. The number of hydrogen-bond acceptors (Lipinski definition) is 3. The predicted molar refractivity (Wildman–Crippen MR) is 115 cm³/mol. The van der Waals surface area contributed by atoms with Crippen molar-refractivity contribution in [2.75, 3.05) is 5.32 Å². The average Bonchev–Trinajstić information content (AvgIpc) is 3.17. The maximum Gasteiger partial charge on any atom is 0.255 e. The smallest absolute Gasteiger partial charge is 0.255 e. The van der Waals surface area contributed by atoms with E-state index in [1.165, 1.54) is 6.08 Å². The summed E-state index contributed by atoms with van der Waals surface area (Å²) in [6.07, 6.45) is 3.18. The second kappa shape index (κ2) is 7.94. The Balaban J connectivity index is 1.48. The van der Waals surface area contributed by atoms with Crippen molar-refractivity contribution in [2.24, 2.45) is 0 Å². The molecule has 1 amide bonds. The summed E-state index contributed by atoms with van der Waals surface area (Å²) in [4.78, 5) is 32.2. The van der Waals surface area contributed by atoms with E-state index in [2.05, 4.69) is 15.3 Å². The van der Waals surface area contributed by atoms with Crippen LogP contribution in [0, 0.1) is 6.92 Å². The number of para-hydroxylation sites is 2. The highest BCUT2D eigenvalue weighted by atomic mass is 16.1. The third kappa shape index (κ3) is 4.30. The van der Waals surface area contributed by atoms with Crippen LogP contribution in [0.3, 0.4) is 0 Å². The van der Waals surface area contributed by atoms with Crippen molar-refractivity contribution in [1.82, 2.24) is 9.97 Å². The van der Waals surface area contributed by atoms with Crippen LogP contribution in [-0.4, -0.2) is 21.7 Å². The van der Waals surface area contributed by atoms with Crippen LogP contribution in [0.1, 0.15) is 32.1 Å². The molecule has 0 atom stereocenters. The van der Waals surface area contributed by atoms with E-state index in [4.69, 9.17) is 0 Å². The fourth-order valence-corrected chi connectivity index (χ4v) is 3.03. The summed E-state index contributed by atoms with van der Waals surface area (Å²) in [6.45, 7) is 1.95. The molecule has 0 saturated heterocycles. The molecular formula is C24H19N3O2. The molecule has 4 rings (SSSR count). The summed E-state index contributed by atoms with van der Waals surface area (Å²) in [5.74, 6) is -0.0880. The minimum Gasteiger partial charge on any atom is -0.335 e. The maximum absolute atomic E-state index is 12.4. The molecule has 0 aliphatic rings. The first kappa shape index (κ1) is 18.4. The number of anilines is 1. The lowest BCUT2D eigenvalue weighted by atomic mass is 10.1. The Labute approximate surface area is 168 Å². The third-order valence-electron chi connectivity index (χ3n) is 4.47. The van der Waals surface area contributed by atoms with Gasteiger partial charge < -0.3 is 10.3 Å². The summed E-state index contributed by atoms with van der Waals surface area (Å²) < 4.78 is 0. The van der Waals surface area contributed by atoms with Crippen LogP contribution in [0.25, 0.3) is 17.1 Å². The number of nitrogens with zero attached hydrogens (tertiary/aromatic N) is 1. The quantitative estimate of drug-likeness (QED) is 0.376. The molecule has 0 unspecified atom stereocenters. The molecule has 0 aliphatic carbocycles. The summed E-state index contributed by atoms with van der Waals surface area (Å²) in [6, 6.07) is 22.2. The Morgan fingerprint density at radius 3 is 2.62 bits per heavy atom. The second-order valence-electron chi connectivity index (χ2n) is 6.75. The monoisotopic (exact) mass is 381 g/mol. The molecule has 142 valence electrons. The first-order chi connectivity index (χ1) is 14.1. The van der Waals surface area contributed by atoms with Crippen molar-refractivity contribution in [3.05, 3.63) is 101 Å². The van der Waals surface area contributed by atoms with Gasteiger partial charge in [-0.3, -0.25) is 9.59 Å². The molecule has 3 aromatic carbocycles. The summed E-state index contributed by atoms with van der Waals surface area (Å²) >= 11 is 0. The van der Waals surface area contributed by atoms with E-state index >= 15 is 0 Å². The van der Waals surface area contributed by atoms with Crippen LogP contribution in [0.4, 0.5) is 5.69 Å². The van der Waals surface area contributed by atoms with Gasteiger partial charge in [0.2, 0.25) is 5.78 Å². The van der Waals surface area contributed by atoms with E-state index in [0.29, 0.717) is 17.1 Å². The van der Waals surface area contributed by atoms with Crippen molar-refractivity contribution >= 4 is 34.5 Å². The van der Waals surface area contributed by atoms with Gasteiger partial charge in [-0.15, -0.1) is 0 Å². The fraction of sp³-hybridized carbons (Fsp3) is 0.0417. The number of aryl methyl sites for hydroxylation is 1. The Kier molecular flexibility index (Phi) is 5.03. The van der Waals surface area contributed by atoms with Gasteiger partial charge in [0.25, 0.3) is 5.91 Å². The number of fused-ring (bicyclic) bond motifs is 1. The number of aromatic nitrogens is 2. The Hall–Kier alpha value is -3.99. The van der Waals surface area contributed by atoms with Crippen LogP contribution < -0.4 is 5.32 Å². The normalized spacial score (nSPS) is 11.1. The van der Waals surface area contributed by atoms with E-state index in [9.17, 15) is 9.59 Å². The van der Waals surface area contributed by atoms with Gasteiger partial charge in [-0.25, -0.2) is 4.98 Å². The number of benzene rings is 3. The molecule has 0 fully saturated rings. The molecule has 0 spiro atoms. The SMILES string of the molecule is Cc1cccc(C(=O)Nc2cccc(/C=C/C(=O)c3nc4ccccc4[nH]3)c2)c1. The highest BCUT2D eigenvalue weighted by Crippen LogP contribution is 2.15. The van der Waals surface area contributed by atoms with Gasteiger partial charge in [0.05, 0.1) is 11.0 Å². The third-order valence-corrected chi connectivity index (χ3v) is 4.47. The maximum atomic E-state index is 12.4. The summed E-state index contributed by atoms with van der Waals surface area (Å²) in [5.41, 5.74) is 4.67. The van der Waals surface area contributed by atoms with Crippen molar-refractivity contribution in [3.8, 4) is 0 Å². The van der Waals surface area contributed by atoms with Crippen LogP contribution in [0.15, 0.2) is 78.9 Å². The Bertz CT molecular complexity index is 1200. The van der Waals surface area contributed by atoms with Gasteiger partial charge in [0, 0.05) is 11.3 Å². The van der Waals surface area contributed by atoms with Crippen LogP contribution >= 0.6 is 0 Å². The molecule has 1 heterocycles. The Morgan fingerprint density at radius 2 is 1.79 bits per heavy atom. The topological polar surface area (TPSA) is 74.8 Å². The average molecular weight is 381 g/mol. The lowest BCUT2D eigenvalue weighted by Gasteiger charge is -2.06. The summed E-state index contributed by atoms with van der Waals surface area (Å²) in [7, 11) is 0. The zero-order valence-corrected chi connectivity index (χ0v) is 15.8. The molecule has 0 bridgehead atoms. The molecule has 29 heavy (non-hydrogen) atoms. The van der Waals surface area contributed by atoms with Crippen molar-refractivity contribution in [2.45, 2.75) is 6.92 Å². The molecule has 0 radical (unpaired) electrons. The fourth-order valence-electron chi connectivity index (χ4n) is 3.03. The number of allylic oxidation sites excluding steroid dienone is 1.